The van der Waals surface area contributed by atoms with Crippen LogP contribution < -0.4 is 0 Å². The Balaban J connectivity index is 1.48. The molecule has 2 aromatic rings. The molecule has 0 N–H and O–H groups in total. The smallest absolute Gasteiger partial charge is 0.112 e. The number of aromatic nitrogens is 1. The second-order valence-electron chi connectivity index (χ2n) is 5.76. The highest BCUT2D eigenvalue weighted by atomic mass is 79.9. The summed E-state index contributed by atoms with van der Waals surface area (Å²) in [5, 5.41) is 3.42. The highest BCUT2D eigenvalue weighted by Crippen LogP contribution is 2.27. The van der Waals surface area contributed by atoms with Gasteiger partial charge in [0.25, 0.3) is 0 Å². The van der Waals surface area contributed by atoms with Crippen molar-refractivity contribution in [2.24, 2.45) is 0 Å². The molecule has 0 spiro atoms. The van der Waals surface area contributed by atoms with Gasteiger partial charge in [-0.25, -0.2) is 0 Å². The topological polar surface area (TPSA) is 28.6 Å². The van der Waals surface area contributed by atoms with Gasteiger partial charge in [-0.15, -0.1) is 0 Å². The Morgan fingerprint density at radius 2 is 2.10 bits per heavy atom. The van der Waals surface area contributed by atoms with Gasteiger partial charge in [0.05, 0.1) is 10.4 Å². The quantitative estimate of drug-likeness (QED) is 0.832. The molecule has 3 aliphatic heterocycles. The first kappa shape index (κ1) is 14.1. The van der Waals surface area contributed by atoms with Crippen molar-refractivity contribution >= 4 is 37.5 Å². The maximum absolute atomic E-state index is 6.11. The molecular weight excluding hydrogens is 350 g/mol. The van der Waals surface area contributed by atoms with Gasteiger partial charge in [-0.2, -0.15) is 9.44 Å². The van der Waals surface area contributed by atoms with Crippen LogP contribution in [0.1, 0.15) is 18.5 Å². The Bertz CT molecular complexity index is 639. The van der Waals surface area contributed by atoms with Crippen LogP contribution in [0.3, 0.4) is 0 Å². The average Bonchev–Trinajstić information content (AvgIpc) is 2.68. The molecule has 6 heteroatoms. The number of hydrogen-bond acceptors (Lipinski definition) is 5. The molecule has 3 aliphatic rings. The summed E-state index contributed by atoms with van der Waals surface area (Å²) in [7, 11) is 0. The van der Waals surface area contributed by atoms with Gasteiger partial charge in [0, 0.05) is 29.0 Å². The minimum absolute atomic E-state index is 0.581. The molecule has 0 aliphatic carbocycles. The molecule has 4 heterocycles. The van der Waals surface area contributed by atoms with Crippen LogP contribution in [0, 0.1) is 0 Å². The van der Waals surface area contributed by atoms with Crippen molar-refractivity contribution in [3.05, 3.63) is 28.4 Å². The first-order valence-electron chi connectivity index (χ1n) is 7.45. The molecule has 0 radical (unpaired) electrons. The van der Waals surface area contributed by atoms with Gasteiger partial charge in [-0.1, -0.05) is 22.0 Å². The minimum atomic E-state index is 0.581. The highest BCUT2D eigenvalue weighted by molar-refractivity contribution is 9.10. The molecule has 3 saturated heterocycles. The fourth-order valence-electron chi connectivity index (χ4n) is 3.24. The molecule has 21 heavy (non-hydrogen) atoms. The maximum atomic E-state index is 6.11. The monoisotopic (exact) mass is 367 g/mol. The number of piperidine rings is 1. The third-order valence-corrected chi connectivity index (χ3v) is 5.82. The van der Waals surface area contributed by atoms with E-state index in [2.05, 4.69) is 48.5 Å². The number of hydrogen-bond donors (Lipinski definition) is 0. The van der Waals surface area contributed by atoms with Crippen molar-refractivity contribution < 1.29 is 4.84 Å². The van der Waals surface area contributed by atoms with E-state index in [0.717, 1.165) is 23.3 Å². The van der Waals surface area contributed by atoms with Crippen molar-refractivity contribution in [3.8, 4) is 0 Å². The van der Waals surface area contributed by atoms with E-state index in [4.69, 9.17) is 4.84 Å². The zero-order valence-corrected chi connectivity index (χ0v) is 14.2. The van der Waals surface area contributed by atoms with Gasteiger partial charge in [0.2, 0.25) is 0 Å². The zero-order chi connectivity index (χ0) is 14.2. The molecule has 5 rings (SSSR count). The van der Waals surface area contributed by atoms with Crippen LogP contribution in [0.2, 0.25) is 0 Å². The highest BCUT2D eigenvalue weighted by Gasteiger charge is 2.29. The van der Waals surface area contributed by atoms with E-state index in [0.29, 0.717) is 12.6 Å². The van der Waals surface area contributed by atoms with Crippen LogP contribution >= 0.6 is 27.5 Å². The Kier molecular flexibility index (Phi) is 3.98. The lowest BCUT2D eigenvalue weighted by Crippen LogP contribution is -2.37. The summed E-state index contributed by atoms with van der Waals surface area (Å²) >= 11 is 5.06. The van der Waals surface area contributed by atoms with Crippen molar-refractivity contribution in [1.29, 1.82) is 0 Å². The summed E-state index contributed by atoms with van der Waals surface area (Å²) in [6.45, 7) is 5.16. The van der Waals surface area contributed by atoms with Crippen LogP contribution in [-0.2, 0) is 11.4 Å². The van der Waals surface area contributed by atoms with Gasteiger partial charge in [-0.05, 0) is 49.6 Å². The normalized spacial score (nSPS) is 26.3. The molecule has 112 valence electrons. The number of rotatable bonds is 3. The van der Waals surface area contributed by atoms with E-state index in [-0.39, 0.29) is 0 Å². The van der Waals surface area contributed by atoms with Crippen molar-refractivity contribution in [2.75, 3.05) is 26.2 Å². The van der Waals surface area contributed by atoms with Crippen molar-refractivity contribution in [3.63, 3.8) is 0 Å². The SMILES string of the molecule is Brc1ccc2c(CON3CCN4CCC3CC4)nsc2c1. The van der Waals surface area contributed by atoms with Gasteiger partial charge in [-0.3, -0.25) is 4.84 Å². The first-order valence-corrected chi connectivity index (χ1v) is 9.02. The number of halogens is 1. The summed E-state index contributed by atoms with van der Waals surface area (Å²) in [6, 6.07) is 6.91. The molecule has 0 atom stereocenters. The fraction of sp³-hybridized carbons (Fsp3) is 0.533. The van der Waals surface area contributed by atoms with Crippen molar-refractivity contribution in [2.45, 2.75) is 25.5 Å². The number of hydroxylamine groups is 2. The number of fused-ring (bicyclic) bond motifs is 5. The Morgan fingerprint density at radius 3 is 2.95 bits per heavy atom. The molecule has 3 fully saturated rings. The van der Waals surface area contributed by atoms with E-state index in [1.54, 1.807) is 11.5 Å². The van der Waals surface area contributed by atoms with Crippen LogP contribution in [-0.4, -0.2) is 46.6 Å². The third-order valence-electron chi connectivity index (χ3n) is 4.48. The fourth-order valence-corrected chi connectivity index (χ4v) is 4.57. The summed E-state index contributed by atoms with van der Waals surface area (Å²) in [6.07, 6.45) is 2.45. The molecular formula is C15H18BrN3OS. The second-order valence-corrected chi connectivity index (χ2v) is 7.48. The minimum Gasteiger partial charge on any atom is -0.302 e. The number of benzene rings is 1. The van der Waals surface area contributed by atoms with Gasteiger partial charge in [0.15, 0.2) is 0 Å². The predicted molar refractivity (Wildman–Crippen MR) is 88.3 cm³/mol. The lowest BCUT2D eigenvalue weighted by molar-refractivity contribution is -0.192. The lowest BCUT2D eigenvalue weighted by Gasteiger charge is -2.30. The van der Waals surface area contributed by atoms with E-state index < -0.39 is 0 Å². The molecule has 1 aromatic heterocycles. The second kappa shape index (κ2) is 5.93. The summed E-state index contributed by atoms with van der Waals surface area (Å²) in [5.74, 6) is 0. The largest absolute Gasteiger partial charge is 0.302 e. The standard InChI is InChI=1S/C15H18BrN3OS/c16-11-1-2-13-14(17-21-15(13)9-11)10-20-19-8-7-18-5-3-12(19)4-6-18/h1-2,9,12H,3-8,10H2. The Labute approximate surface area is 136 Å². The Hall–Kier alpha value is -0.530. The third kappa shape index (κ3) is 2.87. The van der Waals surface area contributed by atoms with E-state index in [1.165, 1.54) is 36.0 Å². The van der Waals surface area contributed by atoms with Crippen LogP contribution in [0.25, 0.3) is 10.1 Å². The van der Waals surface area contributed by atoms with E-state index in [9.17, 15) is 0 Å². The molecule has 0 saturated carbocycles. The molecule has 2 bridgehead atoms. The van der Waals surface area contributed by atoms with Crippen LogP contribution in [0.4, 0.5) is 0 Å². The summed E-state index contributed by atoms with van der Waals surface area (Å²) in [4.78, 5) is 8.65. The van der Waals surface area contributed by atoms with E-state index >= 15 is 0 Å². The molecule has 0 unspecified atom stereocenters. The average molecular weight is 368 g/mol. The van der Waals surface area contributed by atoms with E-state index in [1.807, 2.05) is 0 Å². The molecule has 4 nitrogen and oxygen atoms in total. The Morgan fingerprint density at radius 1 is 1.24 bits per heavy atom. The summed E-state index contributed by atoms with van der Waals surface area (Å²) in [5.41, 5.74) is 1.06. The maximum Gasteiger partial charge on any atom is 0.112 e. The van der Waals surface area contributed by atoms with Crippen LogP contribution in [0.15, 0.2) is 22.7 Å². The lowest BCUT2D eigenvalue weighted by atomic mass is 10.1. The predicted octanol–water partition coefficient (Wildman–Crippen LogP) is 3.27. The van der Waals surface area contributed by atoms with Gasteiger partial charge in [0.1, 0.15) is 6.61 Å². The zero-order valence-electron chi connectivity index (χ0n) is 11.8. The number of nitrogens with zero attached hydrogens (tertiary/aromatic N) is 3. The first-order chi connectivity index (χ1) is 10.3. The van der Waals surface area contributed by atoms with Gasteiger partial charge < -0.3 is 4.90 Å². The summed E-state index contributed by atoms with van der Waals surface area (Å²) < 4.78 is 6.88. The molecule has 1 aromatic carbocycles. The van der Waals surface area contributed by atoms with Gasteiger partial charge >= 0.3 is 0 Å². The van der Waals surface area contributed by atoms with Crippen LogP contribution in [0.5, 0.6) is 0 Å². The van der Waals surface area contributed by atoms with Crippen molar-refractivity contribution in [1.82, 2.24) is 14.3 Å². The molecule has 0 amide bonds.